The Morgan fingerprint density at radius 3 is 2.64 bits per heavy atom. The first-order chi connectivity index (χ1) is 12.1. The van der Waals surface area contributed by atoms with Crippen LogP contribution in [-0.4, -0.2) is 54.7 Å². The van der Waals surface area contributed by atoms with Gasteiger partial charge in [-0.3, -0.25) is 9.69 Å². The number of cyclic esters (lactones) is 1. The van der Waals surface area contributed by atoms with E-state index in [1.165, 1.54) is 12.8 Å². The minimum absolute atomic E-state index is 0.0774. The SMILES string of the molecule is O=C1O[C@H](CCN2CCN(c3ccc(Cl)cn3)CC2)CC12CCCC2. The highest BCUT2D eigenvalue weighted by Crippen LogP contribution is 2.48. The van der Waals surface area contributed by atoms with Gasteiger partial charge < -0.3 is 9.64 Å². The zero-order valence-corrected chi connectivity index (χ0v) is 15.4. The second-order valence-electron chi connectivity index (χ2n) is 7.67. The van der Waals surface area contributed by atoms with Crippen LogP contribution in [0.4, 0.5) is 5.82 Å². The number of anilines is 1. The monoisotopic (exact) mass is 363 g/mol. The van der Waals surface area contributed by atoms with E-state index in [0.717, 1.165) is 64.2 Å². The fraction of sp³-hybridized carbons (Fsp3) is 0.684. The molecule has 5 nitrogen and oxygen atoms in total. The van der Waals surface area contributed by atoms with Crippen molar-refractivity contribution in [1.82, 2.24) is 9.88 Å². The van der Waals surface area contributed by atoms with Gasteiger partial charge in [-0.1, -0.05) is 24.4 Å². The lowest BCUT2D eigenvalue weighted by atomic mass is 9.83. The first-order valence-electron chi connectivity index (χ1n) is 9.45. The quantitative estimate of drug-likeness (QED) is 0.769. The molecule has 3 aliphatic rings. The fourth-order valence-corrected chi connectivity index (χ4v) is 4.65. The van der Waals surface area contributed by atoms with Gasteiger partial charge >= 0.3 is 5.97 Å². The van der Waals surface area contributed by atoms with Crippen molar-refractivity contribution in [2.75, 3.05) is 37.6 Å². The Hall–Kier alpha value is -1.33. The van der Waals surface area contributed by atoms with Crippen molar-refractivity contribution >= 4 is 23.4 Å². The lowest BCUT2D eigenvalue weighted by molar-refractivity contribution is -0.148. The standard InChI is InChI=1S/C19H26ClN3O2/c20-15-3-4-17(21-14-15)23-11-9-22(10-12-23)8-5-16-13-19(18(24)25-16)6-1-2-7-19/h3-4,14,16H,1-2,5-13H2/t16-/m1/s1. The van der Waals surface area contributed by atoms with Crippen LogP contribution in [0, 0.1) is 5.41 Å². The number of hydrogen-bond acceptors (Lipinski definition) is 5. The van der Waals surface area contributed by atoms with Crippen LogP contribution >= 0.6 is 11.6 Å². The van der Waals surface area contributed by atoms with Gasteiger partial charge in [0.2, 0.25) is 0 Å². The first-order valence-corrected chi connectivity index (χ1v) is 9.82. The van der Waals surface area contributed by atoms with Gasteiger partial charge in [-0.05, 0) is 31.4 Å². The number of esters is 1. The molecule has 1 saturated carbocycles. The highest BCUT2D eigenvalue weighted by molar-refractivity contribution is 6.30. The zero-order valence-electron chi connectivity index (χ0n) is 14.6. The molecule has 136 valence electrons. The molecule has 1 aliphatic carbocycles. The third-order valence-electron chi connectivity index (χ3n) is 6.06. The lowest BCUT2D eigenvalue weighted by Gasteiger charge is -2.35. The topological polar surface area (TPSA) is 45.7 Å². The minimum atomic E-state index is -0.121. The third kappa shape index (κ3) is 3.63. The Morgan fingerprint density at radius 1 is 1.20 bits per heavy atom. The summed E-state index contributed by atoms with van der Waals surface area (Å²) in [6, 6.07) is 3.88. The number of carbonyl (C=O) groups is 1. The van der Waals surface area contributed by atoms with Crippen molar-refractivity contribution in [3.63, 3.8) is 0 Å². The molecular weight excluding hydrogens is 338 g/mol. The van der Waals surface area contributed by atoms with Crippen molar-refractivity contribution < 1.29 is 9.53 Å². The summed E-state index contributed by atoms with van der Waals surface area (Å²) >= 11 is 5.91. The summed E-state index contributed by atoms with van der Waals surface area (Å²) in [7, 11) is 0. The first kappa shape index (κ1) is 17.1. The van der Waals surface area contributed by atoms with E-state index in [9.17, 15) is 4.79 Å². The molecule has 0 N–H and O–H groups in total. The Morgan fingerprint density at radius 2 is 1.96 bits per heavy atom. The van der Waals surface area contributed by atoms with Crippen LogP contribution in [0.2, 0.25) is 5.02 Å². The largest absolute Gasteiger partial charge is 0.462 e. The molecular formula is C19H26ClN3O2. The number of ether oxygens (including phenoxy) is 1. The molecule has 2 saturated heterocycles. The predicted molar refractivity (Wildman–Crippen MR) is 97.9 cm³/mol. The molecule has 0 aromatic carbocycles. The maximum absolute atomic E-state index is 12.2. The fourth-order valence-electron chi connectivity index (χ4n) is 4.54. The van der Waals surface area contributed by atoms with E-state index in [-0.39, 0.29) is 17.5 Å². The number of carbonyl (C=O) groups excluding carboxylic acids is 1. The Bertz CT molecular complexity index is 608. The average Bonchev–Trinajstić information content (AvgIpc) is 3.22. The van der Waals surface area contributed by atoms with Gasteiger partial charge in [-0.25, -0.2) is 4.98 Å². The summed E-state index contributed by atoms with van der Waals surface area (Å²) in [5, 5.41) is 0.675. The minimum Gasteiger partial charge on any atom is -0.462 e. The Balaban J connectivity index is 1.23. The van der Waals surface area contributed by atoms with Gasteiger partial charge in [-0.2, -0.15) is 0 Å². The van der Waals surface area contributed by atoms with Crippen LogP contribution in [-0.2, 0) is 9.53 Å². The van der Waals surface area contributed by atoms with Gasteiger partial charge in [0.25, 0.3) is 0 Å². The van der Waals surface area contributed by atoms with Crippen molar-refractivity contribution in [2.45, 2.75) is 44.6 Å². The Labute approximate surface area is 154 Å². The van der Waals surface area contributed by atoms with Crippen LogP contribution in [0.5, 0.6) is 0 Å². The molecule has 4 rings (SSSR count). The molecule has 25 heavy (non-hydrogen) atoms. The van der Waals surface area contributed by atoms with Crippen LogP contribution in [0.25, 0.3) is 0 Å². The van der Waals surface area contributed by atoms with Crippen LogP contribution < -0.4 is 4.90 Å². The predicted octanol–water partition coefficient (Wildman–Crippen LogP) is 3.12. The molecule has 0 bridgehead atoms. The summed E-state index contributed by atoms with van der Waals surface area (Å²) in [4.78, 5) is 21.4. The van der Waals surface area contributed by atoms with E-state index < -0.39 is 0 Å². The smallest absolute Gasteiger partial charge is 0.312 e. The number of aromatic nitrogens is 1. The molecule has 0 unspecified atom stereocenters. The molecule has 0 amide bonds. The van der Waals surface area contributed by atoms with Crippen molar-refractivity contribution in [3.05, 3.63) is 23.4 Å². The maximum atomic E-state index is 12.2. The van der Waals surface area contributed by atoms with Crippen molar-refractivity contribution in [2.24, 2.45) is 5.41 Å². The Kier molecular flexibility index (Phi) is 4.87. The molecule has 1 atom stereocenters. The van der Waals surface area contributed by atoms with E-state index in [1.807, 2.05) is 12.1 Å². The normalized spacial score (nSPS) is 26.4. The molecule has 1 spiro atoms. The number of halogens is 1. The van der Waals surface area contributed by atoms with Crippen molar-refractivity contribution in [1.29, 1.82) is 0 Å². The summed E-state index contributed by atoms with van der Waals surface area (Å²) in [6.07, 6.45) is 8.18. The summed E-state index contributed by atoms with van der Waals surface area (Å²) in [6.45, 7) is 5.01. The van der Waals surface area contributed by atoms with Gasteiger partial charge in [0.05, 0.1) is 10.4 Å². The van der Waals surface area contributed by atoms with Crippen LogP contribution in [0.15, 0.2) is 18.3 Å². The number of piperazine rings is 1. The van der Waals surface area contributed by atoms with E-state index >= 15 is 0 Å². The van der Waals surface area contributed by atoms with E-state index in [1.54, 1.807) is 6.20 Å². The van der Waals surface area contributed by atoms with Gasteiger partial charge in [0, 0.05) is 45.3 Å². The van der Waals surface area contributed by atoms with Crippen LogP contribution in [0.3, 0.4) is 0 Å². The van der Waals surface area contributed by atoms with Gasteiger partial charge in [0.1, 0.15) is 11.9 Å². The van der Waals surface area contributed by atoms with E-state index in [4.69, 9.17) is 16.3 Å². The molecule has 6 heteroatoms. The summed E-state index contributed by atoms with van der Waals surface area (Å²) in [5.41, 5.74) is -0.121. The molecule has 1 aromatic heterocycles. The van der Waals surface area contributed by atoms with E-state index in [2.05, 4.69) is 14.8 Å². The second-order valence-corrected chi connectivity index (χ2v) is 8.11. The third-order valence-corrected chi connectivity index (χ3v) is 6.28. The maximum Gasteiger partial charge on any atom is 0.312 e. The molecule has 3 heterocycles. The molecule has 1 aromatic rings. The number of hydrogen-bond donors (Lipinski definition) is 0. The number of nitrogens with zero attached hydrogens (tertiary/aromatic N) is 3. The van der Waals surface area contributed by atoms with Crippen molar-refractivity contribution in [3.8, 4) is 0 Å². The molecule has 0 radical (unpaired) electrons. The summed E-state index contributed by atoms with van der Waals surface area (Å²) in [5.74, 6) is 1.07. The van der Waals surface area contributed by atoms with Gasteiger partial charge in [0.15, 0.2) is 0 Å². The van der Waals surface area contributed by atoms with Gasteiger partial charge in [-0.15, -0.1) is 0 Å². The van der Waals surface area contributed by atoms with Crippen LogP contribution in [0.1, 0.15) is 38.5 Å². The average molecular weight is 364 g/mol. The summed E-state index contributed by atoms with van der Waals surface area (Å²) < 4.78 is 5.69. The highest BCUT2D eigenvalue weighted by Gasteiger charge is 2.50. The number of pyridine rings is 1. The zero-order chi connectivity index (χ0) is 17.3. The van der Waals surface area contributed by atoms with E-state index in [0.29, 0.717) is 5.02 Å². The number of rotatable bonds is 4. The lowest BCUT2D eigenvalue weighted by Crippen LogP contribution is -2.47. The second kappa shape index (κ2) is 7.12. The molecule has 3 fully saturated rings. The molecule has 2 aliphatic heterocycles. The highest BCUT2D eigenvalue weighted by atomic mass is 35.5.